The molecule has 3 aromatic rings. The van der Waals surface area contributed by atoms with Gasteiger partial charge in [-0.2, -0.15) is 4.31 Å². The summed E-state index contributed by atoms with van der Waals surface area (Å²) < 4.78 is 39.5. The summed E-state index contributed by atoms with van der Waals surface area (Å²) in [7, 11) is -3.71. The molecule has 0 atom stereocenters. The molecule has 0 aliphatic heterocycles. The molecule has 190 valence electrons. The molecule has 0 N–H and O–H groups in total. The van der Waals surface area contributed by atoms with E-state index in [1.165, 1.54) is 4.31 Å². The highest BCUT2D eigenvalue weighted by molar-refractivity contribution is 7.89. The van der Waals surface area contributed by atoms with Gasteiger partial charge in [0.05, 0.1) is 11.2 Å². The van der Waals surface area contributed by atoms with Crippen molar-refractivity contribution in [3.8, 4) is 0 Å². The van der Waals surface area contributed by atoms with Crippen molar-refractivity contribution in [1.29, 1.82) is 0 Å². The van der Waals surface area contributed by atoms with Crippen LogP contribution in [-0.4, -0.2) is 49.0 Å². The number of nitrogens with zero attached hydrogens (tertiary/aromatic N) is 2. The van der Waals surface area contributed by atoms with Crippen molar-refractivity contribution in [1.82, 2.24) is 9.21 Å². The summed E-state index contributed by atoms with van der Waals surface area (Å²) in [6, 6.07) is 16.4. The smallest absolute Gasteiger partial charge is 0.410 e. The first-order chi connectivity index (χ1) is 16.5. The number of fused-ring (bicyclic) bond motifs is 1. The molecule has 0 spiro atoms. The van der Waals surface area contributed by atoms with Gasteiger partial charge < -0.3 is 14.1 Å². The fourth-order valence-electron chi connectivity index (χ4n) is 3.77. The molecule has 1 amide bonds. The number of benzene rings is 2. The third kappa shape index (κ3) is 7.57. The van der Waals surface area contributed by atoms with Crippen LogP contribution < -0.4 is 0 Å². The van der Waals surface area contributed by atoms with Gasteiger partial charge in [0.15, 0.2) is 0 Å². The summed E-state index contributed by atoms with van der Waals surface area (Å²) in [6.07, 6.45) is 1.61. The Morgan fingerprint density at radius 2 is 1.74 bits per heavy atom. The van der Waals surface area contributed by atoms with Gasteiger partial charge in [0.1, 0.15) is 11.2 Å². The predicted molar refractivity (Wildman–Crippen MR) is 138 cm³/mol. The molecule has 8 heteroatoms. The molecular formula is C27H36N2O5S. The zero-order valence-corrected chi connectivity index (χ0v) is 22.0. The Balaban J connectivity index is 1.75. The monoisotopic (exact) mass is 500 g/mol. The normalized spacial score (nSPS) is 12.4. The van der Waals surface area contributed by atoms with Crippen LogP contribution in [0.15, 0.2) is 70.2 Å². The van der Waals surface area contributed by atoms with Crippen molar-refractivity contribution in [2.24, 2.45) is 5.92 Å². The van der Waals surface area contributed by atoms with Gasteiger partial charge in [0, 0.05) is 31.6 Å². The van der Waals surface area contributed by atoms with E-state index < -0.39 is 21.7 Å². The fraction of sp³-hybridized carbons (Fsp3) is 0.444. The van der Waals surface area contributed by atoms with Crippen LogP contribution in [-0.2, 0) is 21.3 Å². The highest BCUT2D eigenvalue weighted by Gasteiger charge is 2.27. The quantitative estimate of drug-likeness (QED) is 0.346. The second-order valence-corrected chi connectivity index (χ2v) is 12.1. The minimum absolute atomic E-state index is 0.147. The van der Waals surface area contributed by atoms with E-state index in [-0.39, 0.29) is 17.4 Å². The van der Waals surface area contributed by atoms with Crippen molar-refractivity contribution in [2.75, 3.05) is 19.6 Å². The lowest BCUT2D eigenvalue weighted by atomic mass is 10.2. The molecule has 2 aromatic carbocycles. The van der Waals surface area contributed by atoms with E-state index in [9.17, 15) is 13.2 Å². The Kier molecular flexibility index (Phi) is 8.61. The molecule has 7 nitrogen and oxygen atoms in total. The number of ether oxygens (including phenoxy) is 1. The third-order valence-corrected chi connectivity index (χ3v) is 7.20. The van der Waals surface area contributed by atoms with Crippen molar-refractivity contribution in [3.63, 3.8) is 0 Å². The van der Waals surface area contributed by atoms with Crippen LogP contribution in [0.25, 0.3) is 11.0 Å². The number of rotatable bonds is 10. The van der Waals surface area contributed by atoms with Gasteiger partial charge in [-0.25, -0.2) is 13.2 Å². The second-order valence-electron chi connectivity index (χ2n) is 10.1. The van der Waals surface area contributed by atoms with E-state index in [4.69, 9.17) is 9.15 Å². The third-order valence-electron chi connectivity index (χ3n) is 5.33. The van der Waals surface area contributed by atoms with Crippen molar-refractivity contribution in [2.45, 2.75) is 58.1 Å². The molecule has 1 aromatic heterocycles. The maximum absolute atomic E-state index is 13.5. The lowest BCUT2D eigenvalue weighted by Crippen LogP contribution is -2.40. The fourth-order valence-corrected chi connectivity index (χ4v) is 5.45. The van der Waals surface area contributed by atoms with Crippen molar-refractivity contribution < 1.29 is 22.4 Å². The summed E-state index contributed by atoms with van der Waals surface area (Å²) in [5.74, 6) is 0.147. The number of sulfonamides is 1. The number of amides is 1. The van der Waals surface area contributed by atoms with Gasteiger partial charge in [-0.05, 0) is 62.9 Å². The molecule has 0 aliphatic carbocycles. The first kappa shape index (κ1) is 26.8. The van der Waals surface area contributed by atoms with Crippen LogP contribution in [0.4, 0.5) is 4.79 Å². The van der Waals surface area contributed by atoms with Gasteiger partial charge in [-0.15, -0.1) is 0 Å². The number of hydrogen-bond acceptors (Lipinski definition) is 5. The molecule has 35 heavy (non-hydrogen) atoms. The largest absolute Gasteiger partial charge is 0.464 e. The first-order valence-corrected chi connectivity index (χ1v) is 13.4. The Bertz CT molecular complexity index is 1210. The average molecular weight is 501 g/mol. The minimum atomic E-state index is -3.71. The summed E-state index contributed by atoms with van der Waals surface area (Å²) >= 11 is 0. The van der Waals surface area contributed by atoms with Crippen LogP contribution in [0.3, 0.4) is 0 Å². The highest BCUT2D eigenvalue weighted by atomic mass is 32.2. The number of hydrogen-bond donors (Lipinski definition) is 0. The number of carbonyl (C=O) groups excluding carboxylic acids is 1. The minimum Gasteiger partial charge on any atom is -0.464 e. The molecule has 1 heterocycles. The number of carbonyl (C=O) groups is 1. The SMILES string of the molecule is CC(C)CN(CCCN(Cc1ccccc1)C(=O)OC(C)(C)C)S(=O)(=O)c1ccc2occc2c1. The predicted octanol–water partition coefficient (Wildman–Crippen LogP) is 5.91. The van der Waals surface area contributed by atoms with Crippen LogP contribution in [0.2, 0.25) is 0 Å². The molecule has 0 unspecified atom stereocenters. The van der Waals surface area contributed by atoms with E-state index >= 15 is 0 Å². The highest BCUT2D eigenvalue weighted by Crippen LogP contribution is 2.24. The summed E-state index contributed by atoms with van der Waals surface area (Å²) in [4.78, 5) is 14.8. The second kappa shape index (κ2) is 11.3. The van der Waals surface area contributed by atoms with Gasteiger partial charge in [-0.1, -0.05) is 44.2 Å². The van der Waals surface area contributed by atoms with Crippen LogP contribution in [0.5, 0.6) is 0 Å². The Hall–Kier alpha value is -2.84. The number of furan rings is 1. The molecule has 0 fully saturated rings. The maximum Gasteiger partial charge on any atom is 0.410 e. The lowest BCUT2D eigenvalue weighted by molar-refractivity contribution is 0.0229. The average Bonchev–Trinajstić information content (AvgIpc) is 3.25. The van der Waals surface area contributed by atoms with Crippen molar-refractivity contribution >= 4 is 27.1 Å². The molecule has 0 bridgehead atoms. The van der Waals surface area contributed by atoms with Crippen molar-refractivity contribution in [3.05, 3.63) is 66.4 Å². The van der Waals surface area contributed by atoms with E-state index in [0.717, 1.165) is 10.9 Å². The molecule has 0 aliphatic rings. The maximum atomic E-state index is 13.5. The Labute approximate surface area is 208 Å². The van der Waals surface area contributed by atoms with Gasteiger partial charge in [0.25, 0.3) is 0 Å². The van der Waals surface area contributed by atoms with E-state index in [1.807, 2.05) is 65.0 Å². The zero-order chi connectivity index (χ0) is 25.6. The standard InChI is InChI=1S/C27H36N2O5S/c1-21(2)19-29(35(31,32)24-12-13-25-23(18-24)14-17-33-25)16-9-15-28(26(30)34-27(3,4)5)20-22-10-7-6-8-11-22/h6-8,10-14,17-18,21H,9,15-16,19-20H2,1-5H3. The van der Waals surface area contributed by atoms with Gasteiger partial charge in [0.2, 0.25) is 10.0 Å². The Morgan fingerprint density at radius 1 is 1.03 bits per heavy atom. The van der Waals surface area contributed by atoms with Crippen LogP contribution >= 0.6 is 0 Å². The molecule has 0 radical (unpaired) electrons. The summed E-state index contributed by atoms with van der Waals surface area (Å²) in [5.41, 5.74) is 1.01. The lowest BCUT2D eigenvalue weighted by Gasteiger charge is -2.29. The van der Waals surface area contributed by atoms with E-state index in [0.29, 0.717) is 31.6 Å². The summed E-state index contributed by atoms with van der Waals surface area (Å²) in [5, 5.41) is 0.745. The van der Waals surface area contributed by atoms with Crippen LogP contribution in [0.1, 0.15) is 46.6 Å². The van der Waals surface area contributed by atoms with Gasteiger partial charge >= 0.3 is 6.09 Å². The van der Waals surface area contributed by atoms with E-state index in [1.54, 1.807) is 35.4 Å². The summed E-state index contributed by atoms with van der Waals surface area (Å²) in [6.45, 7) is 10.9. The van der Waals surface area contributed by atoms with Crippen LogP contribution in [0, 0.1) is 5.92 Å². The molecule has 3 rings (SSSR count). The molecule has 0 saturated carbocycles. The topological polar surface area (TPSA) is 80.1 Å². The molecular weight excluding hydrogens is 464 g/mol. The molecule has 0 saturated heterocycles. The zero-order valence-electron chi connectivity index (χ0n) is 21.2. The van der Waals surface area contributed by atoms with E-state index in [2.05, 4.69) is 0 Å². The van der Waals surface area contributed by atoms with Gasteiger partial charge in [-0.3, -0.25) is 0 Å². The first-order valence-electron chi connectivity index (χ1n) is 11.9. The Morgan fingerprint density at radius 3 is 2.40 bits per heavy atom.